The van der Waals surface area contributed by atoms with E-state index in [0.29, 0.717) is 10.7 Å². The summed E-state index contributed by atoms with van der Waals surface area (Å²) < 4.78 is 15.1. The molecule has 0 amide bonds. The van der Waals surface area contributed by atoms with Crippen molar-refractivity contribution in [2.24, 2.45) is 0 Å². The Hall–Kier alpha value is -2.28. The van der Waals surface area contributed by atoms with Crippen molar-refractivity contribution in [2.45, 2.75) is 0 Å². The largest absolute Gasteiger partial charge is 0.374 e. The van der Waals surface area contributed by atoms with Gasteiger partial charge in [0.25, 0.3) is 0 Å². The fourth-order valence-electron chi connectivity index (χ4n) is 1.52. The van der Waals surface area contributed by atoms with Crippen molar-refractivity contribution in [3.05, 3.63) is 58.1 Å². The zero-order valence-electron chi connectivity index (χ0n) is 9.02. The van der Waals surface area contributed by atoms with Crippen LogP contribution in [0.3, 0.4) is 0 Å². The molecule has 3 rings (SSSR count). The number of rotatable bonds is 2. The van der Waals surface area contributed by atoms with Crippen LogP contribution in [0.4, 0.5) is 4.39 Å². The van der Waals surface area contributed by atoms with Crippen molar-refractivity contribution < 1.29 is 4.39 Å². The first-order valence-corrected chi connectivity index (χ1v) is 5.98. The third-order valence-corrected chi connectivity index (χ3v) is 3.21. The predicted molar refractivity (Wildman–Crippen MR) is 64.8 cm³/mol. The highest BCUT2D eigenvalue weighted by Crippen LogP contribution is 2.11. The summed E-state index contributed by atoms with van der Waals surface area (Å²) in [7, 11) is 0. The fraction of sp³-hybridized carbons (Fsp3) is 0. The van der Waals surface area contributed by atoms with Gasteiger partial charge in [-0.05, 0) is 52.2 Å². The Morgan fingerprint density at radius 2 is 1.78 bits per heavy atom. The van der Waals surface area contributed by atoms with Gasteiger partial charge in [0.1, 0.15) is 10.8 Å². The van der Waals surface area contributed by atoms with Crippen LogP contribution in [0.25, 0.3) is 10.7 Å². The van der Waals surface area contributed by atoms with Gasteiger partial charge in [0.2, 0.25) is 0 Å². The molecule has 5 nitrogen and oxygen atoms in total. The van der Waals surface area contributed by atoms with Crippen LogP contribution in [0.5, 0.6) is 0 Å². The Morgan fingerprint density at radius 3 is 2.44 bits per heavy atom. The molecule has 0 aliphatic carbocycles. The molecule has 0 saturated carbocycles. The van der Waals surface area contributed by atoms with E-state index in [1.165, 1.54) is 40.3 Å². The first kappa shape index (κ1) is 10.8. The Morgan fingerprint density at radius 1 is 1.06 bits per heavy atom. The van der Waals surface area contributed by atoms with Crippen LogP contribution in [-0.4, -0.2) is 19.8 Å². The Kier molecular flexibility index (Phi) is 2.52. The van der Waals surface area contributed by atoms with Crippen molar-refractivity contribution in [2.75, 3.05) is 0 Å². The van der Waals surface area contributed by atoms with E-state index in [2.05, 4.69) is 10.4 Å². The quantitative estimate of drug-likeness (QED) is 0.705. The molecule has 0 spiro atoms. The maximum Gasteiger partial charge on any atom is 0.374 e. The summed E-state index contributed by atoms with van der Waals surface area (Å²) >= 11 is 1.39. The van der Waals surface area contributed by atoms with Crippen molar-refractivity contribution >= 4 is 11.3 Å². The lowest BCUT2D eigenvalue weighted by atomic mass is 10.3. The summed E-state index contributed by atoms with van der Waals surface area (Å²) in [6.45, 7) is 0. The number of hydrogen-bond donors (Lipinski definition) is 0. The van der Waals surface area contributed by atoms with Gasteiger partial charge in [-0.1, -0.05) is 0 Å². The van der Waals surface area contributed by atoms with E-state index in [1.54, 1.807) is 6.07 Å². The van der Waals surface area contributed by atoms with Gasteiger partial charge in [0, 0.05) is 0 Å². The maximum absolute atomic E-state index is 12.8. The van der Waals surface area contributed by atoms with E-state index in [9.17, 15) is 9.18 Å². The lowest BCUT2D eigenvalue weighted by Gasteiger charge is -1.96. The number of nitrogens with zero attached hydrogens (tertiary/aromatic N) is 4. The molecular formula is C11H7FN4OS. The van der Waals surface area contributed by atoms with Crippen LogP contribution in [0.2, 0.25) is 0 Å². The molecule has 7 heteroatoms. The highest BCUT2D eigenvalue weighted by atomic mass is 32.1. The number of halogens is 1. The molecule has 18 heavy (non-hydrogen) atoms. The molecule has 0 radical (unpaired) electrons. The molecule has 0 bridgehead atoms. The molecule has 3 aromatic rings. The van der Waals surface area contributed by atoms with Gasteiger partial charge in [-0.25, -0.2) is 9.18 Å². The second kappa shape index (κ2) is 4.19. The smallest absolute Gasteiger partial charge is 0.243 e. The van der Waals surface area contributed by atoms with Gasteiger partial charge in [0.15, 0.2) is 0 Å². The minimum Gasteiger partial charge on any atom is -0.243 e. The van der Waals surface area contributed by atoms with Crippen LogP contribution >= 0.6 is 11.3 Å². The minimum atomic E-state index is -0.385. The molecule has 0 unspecified atom stereocenters. The second-order valence-electron chi connectivity index (χ2n) is 3.51. The third-order valence-electron chi connectivity index (χ3n) is 2.37. The average Bonchev–Trinajstić information content (AvgIpc) is 2.99. The summed E-state index contributed by atoms with van der Waals surface area (Å²) in [5, 5.41) is 10.1. The molecule has 90 valence electrons. The van der Waals surface area contributed by atoms with Gasteiger partial charge >= 0.3 is 5.69 Å². The average molecular weight is 262 g/mol. The van der Waals surface area contributed by atoms with E-state index in [0.717, 1.165) is 4.68 Å². The van der Waals surface area contributed by atoms with Crippen LogP contribution < -0.4 is 5.69 Å². The fourth-order valence-corrected chi connectivity index (χ4v) is 2.19. The minimum absolute atomic E-state index is 0.363. The normalized spacial score (nSPS) is 10.7. The van der Waals surface area contributed by atoms with Crippen molar-refractivity contribution in [3.8, 4) is 10.7 Å². The molecule has 0 fully saturated rings. The summed E-state index contributed by atoms with van der Waals surface area (Å²) in [5.74, 6) is -0.363. The zero-order valence-corrected chi connectivity index (χ0v) is 9.84. The van der Waals surface area contributed by atoms with Crippen LogP contribution in [0, 0.1) is 5.82 Å². The van der Waals surface area contributed by atoms with Gasteiger partial charge in [0.05, 0.1) is 5.69 Å². The number of hydrogen-bond acceptors (Lipinski definition) is 4. The topological polar surface area (TPSA) is 52.7 Å². The first-order chi connectivity index (χ1) is 8.75. The van der Waals surface area contributed by atoms with Crippen molar-refractivity contribution in [3.63, 3.8) is 0 Å². The van der Waals surface area contributed by atoms with Crippen LogP contribution in [0.1, 0.15) is 0 Å². The Balaban J connectivity index is 2.10. The lowest BCUT2D eigenvalue weighted by Crippen LogP contribution is -2.22. The molecular weight excluding hydrogens is 255 g/mol. The Bertz CT molecular complexity index is 714. The molecule has 0 saturated heterocycles. The van der Waals surface area contributed by atoms with Gasteiger partial charge < -0.3 is 0 Å². The summed E-state index contributed by atoms with van der Waals surface area (Å²) in [6, 6.07) is 9.09. The number of thiophene rings is 1. The summed E-state index contributed by atoms with van der Waals surface area (Å²) in [6.07, 6.45) is 0. The van der Waals surface area contributed by atoms with E-state index in [1.807, 2.05) is 11.4 Å². The van der Waals surface area contributed by atoms with Gasteiger partial charge in [-0.3, -0.25) is 0 Å². The SMILES string of the molecule is O=c1n(-c2ccc(F)cc2)nnn1-c1cccs1. The summed E-state index contributed by atoms with van der Waals surface area (Å²) in [5.41, 5.74) is 0.0910. The predicted octanol–water partition coefficient (Wildman–Crippen LogP) is 1.62. The lowest BCUT2D eigenvalue weighted by molar-refractivity contribution is 0.626. The van der Waals surface area contributed by atoms with Crippen molar-refractivity contribution in [1.82, 2.24) is 19.8 Å². The molecule has 0 atom stereocenters. The van der Waals surface area contributed by atoms with Gasteiger partial charge in [-0.2, -0.15) is 4.68 Å². The van der Waals surface area contributed by atoms with E-state index in [-0.39, 0.29) is 11.5 Å². The third kappa shape index (κ3) is 1.74. The highest BCUT2D eigenvalue weighted by molar-refractivity contribution is 7.12. The first-order valence-electron chi connectivity index (χ1n) is 5.10. The molecule has 0 aliphatic heterocycles. The highest BCUT2D eigenvalue weighted by Gasteiger charge is 2.10. The number of benzene rings is 1. The van der Waals surface area contributed by atoms with E-state index < -0.39 is 0 Å². The molecule has 0 N–H and O–H groups in total. The maximum atomic E-state index is 12.8. The Labute approximate surface area is 105 Å². The number of tetrazole rings is 1. The van der Waals surface area contributed by atoms with Crippen LogP contribution in [-0.2, 0) is 0 Å². The second-order valence-corrected chi connectivity index (χ2v) is 4.44. The molecule has 0 aliphatic rings. The number of aromatic nitrogens is 4. The van der Waals surface area contributed by atoms with E-state index >= 15 is 0 Å². The molecule has 2 heterocycles. The van der Waals surface area contributed by atoms with Gasteiger partial charge in [-0.15, -0.1) is 16.0 Å². The van der Waals surface area contributed by atoms with Crippen molar-refractivity contribution in [1.29, 1.82) is 0 Å². The zero-order chi connectivity index (χ0) is 12.5. The monoisotopic (exact) mass is 262 g/mol. The summed E-state index contributed by atoms with van der Waals surface area (Å²) in [4.78, 5) is 12.1. The molecule has 1 aromatic carbocycles. The molecule has 2 aromatic heterocycles. The standard InChI is InChI=1S/C11H7FN4OS/c12-8-3-5-9(6-4-8)15-11(17)16(14-13-15)10-2-1-7-18-10/h1-7H. The van der Waals surface area contributed by atoms with Crippen LogP contribution in [0.15, 0.2) is 46.6 Å². The van der Waals surface area contributed by atoms with E-state index in [4.69, 9.17) is 0 Å².